The van der Waals surface area contributed by atoms with Gasteiger partial charge in [0.2, 0.25) is 0 Å². The van der Waals surface area contributed by atoms with E-state index in [1.807, 2.05) is 28.1 Å². The summed E-state index contributed by atoms with van der Waals surface area (Å²) in [5, 5.41) is 10.6. The molecular formula is C12H24ClNO5. The van der Waals surface area contributed by atoms with Crippen molar-refractivity contribution < 1.29 is 28.7 Å². The van der Waals surface area contributed by atoms with Gasteiger partial charge in [0, 0.05) is 19.0 Å². The lowest BCUT2D eigenvalue weighted by Crippen LogP contribution is -2.45. The number of esters is 1. The van der Waals surface area contributed by atoms with Crippen LogP contribution in [-0.4, -0.2) is 63.4 Å². The first-order valence-electron chi connectivity index (χ1n) is 6.02. The van der Waals surface area contributed by atoms with Gasteiger partial charge in [-0.05, 0) is 6.92 Å². The Morgan fingerprint density at radius 3 is 2.26 bits per heavy atom. The zero-order valence-corrected chi connectivity index (χ0v) is 12.8. The third-order valence-electron chi connectivity index (χ3n) is 2.10. The van der Waals surface area contributed by atoms with E-state index in [-0.39, 0.29) is 31.9 Å². The first-order valence-corrected chi connectivity index (χ1v) is 6.02. The molecule has 0 aromatic carbocycles. The molecule has 1 unspecified atom stereocenters. The Morgan fingerprint density at radius 1 is 1.26 bits per heavy atom. The quantitative estimate of drug-likeness (QED) is 0.329. The Morgan fingerprint density at radius 2 is 1.84 bits per heavy atom. The molecule has 7 heteroatoms. The lowest BCUT2D eigenvalue weighted by molar-refractivity contribution is -0.873. The molecule has 6 nitrogen and oxygen atoms in total. The van der Waals surface area contributed by atoms with Crippen molar-refractivity contribution in [3.8, 4) is 0 Å². The summed E-state index contributed by atoms with van der Waals surface area (Å²) in [5.41, 5.74) is 0. The number of halogens is 1. The highest BCUT2D eigenvalue weighted by molar-refractivity contribution is 5.85. The van der Waals surface area contributed by atoms with E-state index in [1.54, 1.807) is 0 Å². The maximum absolute atomic E-state index is 11.5. The minimum Gasteiger partial charge on any atom is -0.550 e. The van der Waals surface area contributed by atoms with Crippen LogP contribution in [0.5, 0.6) is 0 Å². The molecule has 0 heterocycles. The number of aliphatic carboxylic acids is 1. The molecule has 19 heavy (non-hydrogen) atoms. The van der Waals surface area contributed by atoms with E-state index in [0.717, 1.165) is 0 Å². The molecule has 0 aromatic rings. The number of carboxylic acids is 1. The molecule has 114 valence electrons. The van der Waals surface area contributed by atoms with Crippen LogP contribution in [-0.2, 0) is 19.1 Å². The number of likely N-dealkylation sites (N-methyl/N-ethyl adjacent to an activating group) is 1. The minimum atomic E-state index is -1.22. The SMILES string of the molecule is CCOCCC(=O)OC(CC(=O)[O-])C[N+](C)(C)C.Cl. The molecule has 0 bridgehead atoms. The summed E-state index contributed by atoms with van der Waals surface area (Å²) in [6.45, 7) is 3.09. The second-order valence-electron chi connectivity index (χ2n) is 5.11. The van der Waals surface area contributed by atoms with Gasteiger partial charge in [-0.1, -0.05) is 0 Å². The van der Waals surface area contributed by atoms with Gasteiger partial charge >= 0.3 is 5.97 Å². The lowest BCUT2D eigenvalue weighted by Gasteiger charge is -2.29. The number of quaternary nitrogens is 1. The molecule has 0 aliphatic carbocycles. The highest BCUT2D eigenvalue weighted by Crippen LogP contribution is 2.06. The van der Waals surface area contributed by atoms with Crippen LogP contribution >= 0.6 is 12.4 Å². The highest BCUT2D eigenvalue weighted by atomic mass is 35.5. The molecule has 0 rings (SSSR count). The smallest absolute Gasteiger partial charge is 0.308 e. The highest BCUT2D eigenvalue weighted by Gasteiger charge is 2.22. The van der Waals surface area contributed by atoms with Gasteiger partial charge in [-0.15, -0.1) is 12.4 Å². The lowest BCUT2D eigenvalue weighted by atomic mass is 10.2. The van der Waals surface area contributed by atoms with Crippen LogP contribution in [0.4, 0.5) is 0 Å². The summed E-state index contributed by atoms with van der Waals surface area (Å²) in [5.74, 6) is -1.66. The fraction of sp³-hybridized carbons (Fsp3) is 0.833. The van der Waals surface area contributed by atoms with Gasteiger partial charge in [-0.2, -0.15) is 0 Å². The van der Waals surface area contributed by atoms with Crippen molar-refractivity contribution in [2.75, 3.05) is 40.9 Å². The molecular weight excluding hydrogens is 274 g/mol. The number of rotatable bonds is 9. The summed E-state index contributed by atoms with van der Waals surface area (Å²) in [4.78, 5) is 22.1. The van der Waals surface area contributed by atoms with E-state index < -0.39 is 18.0 Å². The number of hydrogen-bond acceptors (Lipinski definition) is 5. The van der Waals surface area contributed by atoms with Gasteiger partial charge in [0.05, 0.1) is 34.2 Å². The van der Waals surface area contributed by atoms with Crippen LogP contribution in [0, 0.1) is 0 Å². The van der Waals surface area contributed by atoms with E-state index in [4.69, 9.17) is 9.47 Å². The zero-order chi connectivity index (χ0) is 14.2. The van der Waals surface area contributed by atoms with E-state index >= 15 is 0 Å². The second-order valence-corrected chi connectivity index (χ2v) is 5.11. The monoisotopic (exact) mass is 297 g/mol. The van der Waals surface area contributed by atoms with Crippen molar-refractivity contribution >= 4 is 24.3 Å². The van der Waals surface area contributed by atoms with Crippen molar-refractivity contribution in [2.45, 2.75) is 25.9 Å². The Kier molecular flexibility index (Phi) is 10.8. The topological polar surface area (TPSA) is 75.7 Å². The van der Waals surface area contributed by atoms with Crippen LogP contribution in [0.15, 0.2) is 0 Å². The standard InChI is InChI=1S/C12H23NO5.ClH/c1-5-17-7-6-12(16)18-10(8-11(14)15)9-13(2,3)4;/h10H,5-9H2,1-4H3;1H. The van der Waals surface area contributed by atoms with E-state index in [9.17, 15) is 14.7 Å². The van der Waals surface area contributed by atoms with E-state index in [1.165, 1.54) is 0 Å². The third-order valence-corrected chi connectivity index (χ3v) is 2.10. The summed E-state index contributed by atoms with van der Waals surface area (Å²) in [6.07, 6.45) is -0.811. The Labute approximate surface area is 120 Å². The van der Waals surface area contributed by atoms with Crippen molar-refractivity contribution in [1.82, 2.24) is 0 Å². The fourth-order valence-electron chi connectivity index (χ4n) is 1.48. The van der Waals surface area contributed by atoms with Gasteiger partial charge in [-0.3, -0.25) is 4.79 Å². The fourth-order valence-corrected chi connectivity index (χ4v) is 1.48. The molecule has 1 atom stereocenters. The number of nitrogens with zero attached hydrogens (tertiary/aromatic N) is 1. The van der Waals surface area contributed by atoms with Crippen molar-refractivity contribution in [1.29, 1.82) is 0 Å². The molecule has 0 aliphatic heterocycles. The number of hydrogen-bond donors (Lipinski definition) is 0. The first-order chi connectivity index (χ1) is 8.24. The van der Waals surface area contributed by atoms with Crippen LogP contribution in [0.3, 0.4) is 0 Å². The molecule has 0 N–H and O–H groups in total. The van der Waals surface area contributed by atoms with Crippen LogP contribution in [0.2, 0.25) is 0 Å². The third kappa shape index (κ3) is 13.4. The minimum absolute atomic E-state index is 0. The van der Waals surface area contributed by atoms with Gasteiger partial charge in [0.25, 0.3) is 0 Å². The van der Waals surface area contributed by atoms with Crippen molar-refractivity contribution in [3.63, 3.8) is 0 Å². The normalized spacial score (nSPS) is 12.4. The van der Waals surface area contributed by atoms with Gasteiger partial charge < -0.3 is 23.9 Å². The maximum Gasteiger partial charge on any atom is 0.308 e. The van der Waals surface area contributed by atoms with Crippen molar-refractivity contribution in [2.24, 2.45) is 0 Å². The predicted molar refractivity (Wildman–Crippen MR) is 70.8 cm³/mol. The number of ether oxygens (including phenoxy) is 2. The second kappa shape index (κ2) is 10.00. The molecule has 0 aromatic heterocycles. The first kappa shape index (κ1) is 20.5. The summed E-state index contributed by atoms with van der Waals surface area (Å²) < 4.78 is 10.7. The Hall–Kier alpha value is -0.850. The van der Waals surface area contributed by atoms with E-state index in [0.29, 0.717) is 17.6 Å². The van der Waals surface area contributed by atoms with Gasteiger partial charge in [0.15, 0.2) is 6.10 Å². The van der Waals surface area contributed by atoms with Gasteiger partial charge in [-0.25, -0.2) is 0 Å². The molecule has 0 saturated carbocycles. The van der Waals surface area contributed by atoms with Gasteiger partial charge in [0.1, 0.15) is 6.54 Å². The molecule has 0 spiro atoms. The molecule has 0 saturated heterocycles. The number of carbonyl (C=O) groups excluding carboxylic acids is 2. The summed E-state index contributed by atoms with van der Waals surface area (Å²) >= 11 is 0. The van der Waals surface area contributed by atoms with E-state index in [2.05, 4.69) is 0 Å². The molecule has 0 fully saturated rings. The molecule has 0 aliphatic rings. The van der Waals surface area contributed by atoms with Crippen molar-refractivity contribution in [3.05, 3.63) is 0 Å². The Balaban J connectivity index is 0. The zero-order valence-electron chi connectivity index (χ0n) is 12.0. The Bertz CT molecular complexity index is 278. The van der Waals surface area contributed by atoms with Crippen LogP contribution < -0.4 is 5.11 Å². The number of carbonyl (C=O) groups is 2. The maximum atomic E-state index is 11.5. The molecule has 0 radical (unpaired) electrons. The van der Waals surface area contributed by atoms with Crippen LogP contribution in [0.1, 0.15) is 19.8 Å². The largest absolute Gasteiger partial charge is 0.550 e. The predicted octanol–water partition coefficient (Wildman–Crippen LogP) is -0.407. The molecule has 0 amide bonds. The average Bonchev–Trinajstić information content (AvgIpc) is 2.13. The summed E-state index contributed by atoms with van der Waals surface area (Å²) in [6, 6.07) is 0. The summed E-state index contributed by atoms with van der Waals surface area (Å²) in [7, 11) is 5.70. The van der Waals surface area contributed by atoms with Crippen LogP contribution in [0.25, 0.3) is 0 Å². The number of carboxylic acid groups (broad SMARTS) is 1. The average molecular weight is 298 g/mol.